The van der Waals surface area contributed by atoms with Gasteiger partial charge in [-0.3, -0.25) is 0 Å². The fraction of sp³-hybridized carbons (Fsp3) is 0.273. The second kappa shape index (κ2) is 8.32. The Hall–Kier alpha value is -2.39. The lowest BCUT2D eigenvalue weighted by Gasteiger charge is -2.11. The molecule has 2 aromatic carbocycles. The number of nitriles is 1. The third-order valence-electron chi connectivity index (χ3n) is 4.80. The second-order valence-corrected chi connectivity index (χ2v) is 8.07. The van der Waals surface area contributed by atoms with Crippen LogP contribution in [0.5, 0.6) is 5.75 Å². The van der Waals surface area contributed by atoms with Crippen LogP contribution < -0.4 is 10.5 Å². The van der Waals surface area contributed by atoms with Crippen LogP contribution in [0.2, 0.25) is 0 Å². The van der Waals surface area contributed by atoms with Gasteiger partial charge in [0.25, 0.3) is 0 Å². The predicted octanol–water partition coefficient (Wildman–Crippen LogP) is 5.50. The van der Waals surface area contributed by atoms with Gasteiger partial charge in [-0.05, 0) is 61.6 Å². The molecule has 0 saturated heterocycles. The predicted molar refractivity (Wildman–Crippen MR) is 116 cm³/mol. The zero-order valence-electron chi connectivity index (χ0n) is 15.8. The highest BCUT2D eigenvalue weighted by Crippen LogP contribution is 2.40. The van der Waals surface area contributed by atoms with E-state index in [1.165, 1.54) is 16.7 Å². The fourth-order valence-electron chi connectivity index (χ4n) is 3.55. The first kappa shape index (κ1) is 20.3. The van der Waals surface area contributed by atoms with E-state index in [-0.39, 0.29) is 24.6 Å². The molecule has 0 spiro atoms. The summed E-state index contributed by atoms with van der Waals surface area (Å²) in [4.78, 5) is 5.69. The van der Waals surface area contributed by atoms with E-state index in [1.807, 2.05) is 38.2 Å². The van der Waals surface area contributed by atoms with Crippen molar-refractivity contribution in [1.82, 2.24) is 4.98 Å². The number of nitrogens with two attached hydrogens (primary N) is 1. The topological polar surface area (TPSA) is 71.9 Å². The maximum atomic E-state index is 9.46. The average Bonchev–Trinajstić information content (AvgIpc) is 3.29. The molecule has 1 aromatic heterocycles. The van der Waals surface area contributed by atoms with Crippen LogP contribution in [0.15, 0.2) is 42.6 Å². The van der Waals surface area contributed by atoms with Crippen LogP contribution in [-0.2, 0) is 6.42 Å². The van der Waals surface area contributed by atoms with Crippen molar-refractivity contribution < 1.29 is 4.74 Å². The van der Waals surface area contributed by atoms with Gasteiger partial charge in [0.1, 0.15) is 16.8 Å². The number of aromatic nitrogens is 1. The Bertz CT molecular complexity index is 1040. The van der Waals surface area contributed by atoms with Crippen molar-refractivity contribution in [3.05, 3.63) is 59.3 Å². The molecule has 1 unspecified atom stereocenters. The van der Waals surface area contributed by atoms with Gasteiger partial charge in [-0.2, -0.15) is 5.26 Å². The number of fused-ring (bicyclic) bond motifs is 1. The number of ether oxygens (including phenoxy) is 1. The van der Waals surface area contributed by atoms with Gasteiger partial charge in [-0.15, -0.1) is 23.7 Å². The first-order valence-corrected chi connectivity index (χ1v) is 9.93. The van der Waals surface area contributed by atoms with Crippen molar-refractivity contribution in [2.75, 3.05) is 0 Å². The van der Waals surface area contributed by atoms with E-state index < -0.39 is 0 Å². The maximum Gasteiger partial charge on any atom is 0.137 e. The molecule has 1 aliphatic rings. The monoisotopic (exact) mass is 411 g/mol. The van der Waals surface area contributed by atoms with Gasteiger partial charge in [0.15, 0.2) is 0 Å². The van der Waals surface area contributed by atoms with Crippen LogP contribution in [0.3, 0.4) is 0 Å². The summed E-state index contributed by atoms with van der Waals surface area (Å²) in [5.74, 6) is 0.621. The summed E-state index contributed by atoms with van der Waals surface area (Å²) in [7, 11) is 0. The molecule has 0 saturated carbocycles. The maximum absolute atomic E-state index is 9.46. The quantitative estimate of drug-likeness (QED) is 0.614. The number of thiazole rings is 1. The molecule has 1 aliphatic carbocycles. The first-order valence-electron chi connectivity index (χ1n) is 9.11. The molecule has 28 heavy (non-hydrogen) atoms. The van der Waals surface area contributed by atoms with Gasteiger partial charge >= 0.3 is 0 Å². The summed E-state index contributed by atoms with van der Waals surface area (Å²) < 4.78 is 5.72. The largest absolute Gasteiger partial charge is 0.490 e. The summed E-state index contributed by atoms with van der Waals surface area (Å²) in [5, 5.41) is 10.5. The van der Waals surface area contributed by atoms with Crippen molar-refractivity contribution in [3.63, 3.8) is 0 Å². The Balaban J connectivity index is 0.00000225. The molecule has 0 aliphatic heterocycles. The van der Waals surface area contributed by atoms with Crippen molar-refractivity contribution in [1.29, 1.82) is 5.26 Å². The molecule has 0 radical (unpaired) electrons. The minimum atomic E-state index is 0. The zero-order valence-corrected chi connectivity index (χ0v) is 17.4. The SMILES string of the molecule is CC(C)Oc1ccc(-c2cnc(-c3cccc4c3CCC4N)s2)cc1C#N.Cl. The number of benzene rings is 2. The Morgan fingerprint density at radius 2 is 2.11 bits per heavy atom. The van der Waals surface area contributed by atoms with Crippen LogP contribution >= 0.6 is 23.7 Å². The fourth-order valence-corrected chi connectivity index (χ4v) is 4.51. The second-order valence-electron chi connectivity index (χ2n) is 7.04. The van der Waals surface area contributed by atoms with Crippen molar-refractivity contribution >= 4 is 23.7 Å². The molecule has 2 N–H and O–H groups in total. The van der Waals surface area contributed by atoms with Crippen molar-refractivity contribution in [2.24, 2.45) is 5.73 Å². The molecule has 0 amide bonds. The van der Waals surface area contributed by atoms with Crippen LogP contribution in [0.1, 0.15) is 43.0 Å². The van der Waals surface area contributed by atoms with E-state index in [0.717, 1.165) is 28.3 Å². The normalized spacial score (nSPS) is 15.0. The first-order chi connectivity index (χ1) is 13.1. The van der Waals surface area contributed by atoms with Crippen LogP contribution in [0.25, 0.3) is 21.0 Å². The molecule has 3 aromatic rings. The van der Waals surface area contributed by atoms with E-state index in [2.05, 4.69) is 29.3 Å². The Labute approximate surface area is 175 Å². The lowest BCUT2D eigenvalue weighted by Crippen LogP contribution is -2.06. The lowest BCUT2D eigenvalue weighted by molar-refractivity contribution is 0.242. The lowest BCUT2D eigenvalue weighted by atomic mass is 10.0. The number of hydrogen-bond acceptors (Lipinski definition) is 5. The molecule has 4 rings (SSSR count). The minimum Gasteiger partial charge on any atom is -0.490 e. The highest BCUT2D eigenvalue weighted by molar-refractivity contribution is 7.18. The van der Waals surface area contributed by atoms with Gasteiger partial charge in [-0.1, -0.05) is 18.2 Å². The van der Waals surface area contributed by atoms with E-state index in [9.17, 15) is 5.26 Å². The molecule has 4 nitrogen and oxygen atoms in total. The van der Waals surface area contributed by atoms with Crippen LogP contribution in [-0.4, -0.2) is 11.1 Å². The molecular formula is C22H22ClN3OS. The molecule has 1 heterocycles. The Morgan fingerprint density at radius 1 is 1.29 bits per heavy atom. The zero-order chi connectivity index (χ0) is 19.0. The smallest absolute Gasteiger partial charge is 0.137 e. The molecule has 1 atom stereocenters. The van der Waals surface area contributed by atoms with Crippen molar-refractivity contribution in [3.8, 4) is 32.8 Å². The molecule has 6 heteroatoms. The molecule has 144 valence electrons. The Morgan fingerprint density at radius 3 is 2.86 bits per heavy atom. The third-order valence-corrected chi connectivity index (χ3v) is 5.88. The van der Waals surface area contributed by atoms with Crippen LogP contribution in [0, 0.1) is 11.3 Å². The van der Waals surface area contributed by atoms with E-state index in [1.54, 1.807) is 11.3 Å². The number of rotatable bonds is 4. The number of halogens is 1. The summed E-state index contributed by atoms with van der Waals surface area (Å²) >= 11 is 1.64. The number of nitrogens with zero attached hydrogens (tertiary/aromatic N) is 2. The van der Waals surface area contributed by atoms with Gasteiger partial charge in [0.05, 0.1) is 16.5 Å². The molecule has 0 fully saturated rings. The number of hydrogen-bond donors (Lipinski definition) is 1. The van der Waals surface area contributed by atoms with Gasteiger partial charge in [0.2, 0.25) is 0 Å². The minimum absolute atomic E-state index is 0. The van der Waals surface area contributed by atoms with Crippen molar-refractivity contribution in [2.45, 2.75) is 38.8 Å². The summed E-state index contributed by atoms with van der Waals surface area (Å²) in [6.45, 7) is 3.91. The van der Waals surface area contributed by atoms with E-state index in [4.69, 9.17) is 10.5 Å². The third kappa shape index (κ3) is 3.77. The Kier molecular flexibility index (Phi) is 6.04. The molecular weight excluding hydrogens is 390 g/mol. The van der Waals surface area contributed by atoms with E-state index in [0.29, 0.717) is 11.3 Å². The van der Waals surface area contributed by atoms with Crippen LogP contribution in [0.4, 0.5) is 0 Å². The van der Waals surface area contributed by atoms with Gasteiger partial charge in [0, 0.05) is 17.8 Å². The summed E-state index contributed by atoms with van der Waals surface area (Å²) in [6.07, 6.45) is 3.91. The average molecular weight is 412 g/mol. The van der Waals surface area contributed by atoms with Gasteiger partial charge in [-0.25, -0.2) is 4.98 Å². The summed E-state index contributed by atoms with van der Waals surface area (Å²) in [5.41, 5.74) is 11.5. The standard InChI is InChI=1S/C22H21N3OS.ClH/c1-13(2)26-20-9-6-14(10-15(20)11-23)21-12-25-22(27-21)18-5-3-4-17-16(18)7-8-19(17)24;/h3-6,9-10,12-13,19H,7-8,24H2,1-2H3;1H. The highest BCUT2D eigenvalue weighted by Gasteiger charge is 2.23. The summed E-state index contributed by atoms with van der Waals surface area (Å²) in [6, 6.07) is 14.4. The highest BCUT2D eigenvalue weighted by atomic mass is 35.5. The molecule has 0 bridgehead atoms. The van der Waals surface area contributed by atoms with Gasteiger partial charge < -0.3 is 10.5 Å². The van der Waals surface area contributed by atoms with E-state index >= 15 is 0 Å².